The van der Waals surface area contributed by atoms with Gasteiger partial charge < -0.3 is 20.3 Å². The van der Waals surface area contributed by atoms with Crippen molar-refractivity contribution >= 4 is 0 Å². The van der Waals surface area contributed by atoms with Crippen molar-refractivity contribution < 1.29 is 19.0 Å². The molecule has 21 heavy (non-hydrogen) atoms. The number of benzene rings is 1. The molecule has 0 amide bonds. The van der Waals surface area contributed by atoms with E-state index < -0.39 is 12.3 Å². The van der Waals surface area contributed by atoms with Gasteiger partial charge in [0.1, 0.15) is 17.7 Å². The largest absolute Gasteiger partial charge is 0.488 e. The smallest absolute Gasteiger partial charge is 0.170 e. The van der Waals surface area contributed by atoms with Gasteiger partial charge in [0.05, 0.1) is 12.1 Å². The Morgan fingerprint density at radius 2 is 1.81 bits per heavy atom. The first kappa shape index (κ1) is 17.9. The summed E-state index contributed by atoms with van der Waals surface area (Å²) in [6.07, 6.45) is -1.67. The number of hydrogen-bond acceptors (Lipinski definition) is 4. The third kappa shape index (κ3) is 5.26. The van der Waals surface area contributed by atoms with E-state index in [0.717, 1.165) is 5.56 Å². The van der Waals surface area contributed by atoms with Gasteiger partial charge in [-0.2, -0.15) is 0 Å². The van der Waals surface area contributed by atoms with Gasteiger partial charge in [-0.1, -0.05) is 13.8 Å². The maximum atomic E-state index is 13.1. The van der Waals surface area contributed by atoms with Gasteiger partial charge in [-0.05, 0) is 50.5 Å². The third-order valence-corrected chi connectivity index (χ3v) is 3.32. The lowest BCUT2D eigenvalue weighted by molar-refractivity contribution is -0.178. The van der Waals surface area contributed by atoms with E-state index in [1.165, 1.54) is 12.1 Å². The molecule has 120 valence electrons. The zero-order chi connectivity index (χ0) is 16.2. The summed E-state index contributed by atoms with van der Waals surface area (Å²) in [5, 5.41) is 9.80. The molecular weight excluding hydrogens is 273 g/mol. The molecule has 1 rings (SSSR count). The van der Waals surface area contributed by atoms with E-state index in [9.17, 15) is 9.50 Å². The second-order valence-electron chi connectivity index (χ2n) is 5.83. The second kappa shape index (κ2) is 7.73. The molecule has 0 bridgehead atoms. The predicted molar refractivity (Wildman–Crippen MR) is 80.6 cm³/mol. The Hall–Kier alpha value is -1.17. The van der Waals surface area contributed by atoms with Crippen LogP contribution in [0.2, 0.25) is 0 Å². The molecule has 1 aromatic carbocycles. The molecule has 0 radical (unpaired) electrons. The molecule has 0 aromatic heterocycles. The van der Waals surface area contributed by atoms with Gasteiger partial charge in [0.25, 0.3) is 0 Å². The Balaban J connectivity index is 2.79. The Morgan fingerprint density at radius 3 is 2.29 bits per heavy atom. The fourth-order valence-corrected chi connectivity index (χ4v) is 2.11. The summed E-state index contributed by atoms with van der Waals surface area (Å²) in [6.45, 7) is 9.29. The minimum Gasteiger partial charge on any atom is -0.488 e. The number of halogens is 1. The van der Waals surface area contributed by atoms with E-state index in [2.05, 4.69) is 0 Å². The first-order valence-corrected chi connectivity index (χ1v) is 7.24. The quantitative estimate of drug-likeness (QED) is 0.760. The predicted octanol–water partition coefficient (Wildman–Crippen LogP) is 2.61. The number of nitrogens with two attached hydrogens (primary N) is 1. The van der Waals surface area contributed by atoms with Crippen molar-refractivity contribution in [2.75, 3.05) is 0 Å². The number of hydrogen-bond donors (Lipinski definition) is 2. The van der Waals surface area contributed by atoms with Crippen molar-refractivity contribution in [3.8, 4) is 5.75 Å². The summed E-state index contributed by atoms with van der Waals surface area (Å²) in [5.41, 5.74) is 6.34. The molecule has 0 aliphatic rings. The summed E-state index contributed by atoms with van der Waals surface area (Å²) >= 11 is 0. The monoisotopic (exact) mass is 299 g/mol. The van der Waals surface area contributed by atoms with Gasteiger partial charge in [-0.15, -0.1) is 0 Å². The molecule has 5 heteroatoms. The van der Waals surface area contributed by atoms with Crippen LogP contribution in [-0.4, -0.2) is 29.6 Å². The molecule has 3 N–H and O–H groups in total. The van der Waals surface area contributed by atoms with Crippen molar-refractivity contribution in [2.24, 2.45) is 11.7 Å². The highest BCUT2D eigenvalue weighted by Crippen LogP contribution is 2.23. The number of ether oxygens (including phenoxy) is 2. The lowest BCUT2D eigenvalue weighted by atomic mass is 10.0. The summed E-state index contributed by atoms with van der Waals surface area (Å²) in [4.78, 5) is 0. The number of aliphatic hydroxyl groups excluding tert-OH is 1. The van der Waals surface area contributed by atoms with E-state index in [0.29, 0.717) is 5.75 Å². The normalized spacial score (nSPS) is 17.4. The molecular formula is C16H26FNO3. The van der Waals surface area contributed by atoms with Gasteiger partial charge in [-0.25, -0.2) is 4.39 Å². The minimum atomic E-state index is -1.04. The fraction of sp³-hybridized carbons (Fsp3) is 0.625. The Bertz CT molecular complexity index is 451. The summed E-state index contributed by atoms with van der Waals surface area (Å²) < 4.78 is 24.6. The second-order valence-corrected chi connectivity index (χ2v) is 5.83. The van der Waals surface area contributed by atoms with Crippen molar-refractivity contribution in [1.29, 1.82) is 0 Å². The maximum absolute atomic E-state index is 13.1. The Morgan fingerprint density at radius 1 is 1.19 bits per heavy atom. The molecule has 0 heterocycles. The van der Waals surface area contributed by atoms with E-state index in [1.807, 2.05) is 20.8 Å². The highest BCUT2D eigenvalue weighted by Gasteiger charge is 2.27. The lowest BCUT2D eigenvalue weighted by Gasteiger charge is -2.31. The molecule has 4 nitrogen and oxygen atoms in total. The van der Waals surface area contributed by atoms with E-state index in [1.54, 1.807) is 19.9 Å². The molecule has 0 saturated heterocycles. The highest BCUT2D eigenvalue weighted by atomic mass is 19.1. The van der Waals surface area contributed by atoms with E-state index >= 15 is 0 Å². The van der Waals surface area contributed by atoms with Crippen LogP contribution in [0.25, 0.3) is 0 Å². The highest BCUT2D eigenvalue weighted by molar-refractivity contribution is 5.32. The van der Waals surface area contributed by atoms with Crippen molar-refractivity contribution in [1.82, 2.24) is 0 Å². The van der Waals surface area contributed by atoms with Crippen LogP contribution < -0.4 is 10.5 Å². The first-order valence-electron chi connectivity index (χ1n) is 7.24. The minimum absolute atomic E-state index is 0.133. The molecule has 0 spiro atoms. The zero-order valence-corrected chi connectivity index (χ0v) is 13.3. The number of rotatable bonds is 7. The summed E-state index contributed by atoms with van der Waals surface area (Å²) in [5.74, 6) is 0.444. The van der Waals surface area contributed by atoms with Gasteiger partial charge in [0.15, 0.2) is 6.29 Å². The summed E-state index contributed by atoms with van der Waals surface area (Å²) in [6, 6.07) is 3.90. The first-order chi connectivity index (χ1) is 9.72. The van der Waals surface area contributed by atoms with Crippen LogP contribution in [0.3, 0.4) is 0 Å². The van der Waals surface area contributed by atoms with Crippen LogP contribution in [-0.2, 0) is 4.74 Å². The Labute approximate surface area is 126 Å². The number of aryl methyl sites for hydroxylation is 1. The average Bonchev–Trinajstić information content (AvgIpc) is 2.38. The average molecular weight is 299 g/mol. The third-order valence-electron chi connectivity index (χ3n) is 3.32. The molecule has 0 saturated carbocycles. The topological polar surface area (TPSA) is 64.7 Å². The molecule has 0 aliphatic heterocycles. The molecule has 1 aromatic rings. The SMILES string of the molecule is Cc1cc(F)ccc1O[C@@H](C)[C@H](OC(O)[C@H](C)N)C(C)C. The van der Waals surface area contributed by atoms with Crippen LogP contribution in [0.4, 0.5) is 4.39 Å². The van der Waals surface area contributed by atoms with E-state index in [-0.39, 0.29) is 23.9 Å². The Kier molecular flexibility index (Phi) is 6.58. The summed E-state index contributed by atoms with van der Waals surface area (Å²) in [7, 11) is 0. The van der Waals surface area contributed by atoms with Crippen molar-refractivity contribution in [3.05, 3.63) is 29.6 Å². The van der Waals surface area contributed by atoms with Gasteiger partial charge in [0, 0.05) is 0 Å². The van der Waals surface area contributed by atoms with Crippen molar-refractivity contribution in [3.63, 3.8) is 0 Å². The standard InChI is InChI=1S/C16H26FNO3/c1-9(2)15(21-16(19)11(4)18)12(5)20-14-7-6-13(17)8-10(14)3/h6-9,11-12,15-16,19H,18H2,1-5H3/t11-,12-,15+,16?/m0/s1. The lowest BCUT2D eigenvalue weighted by Crippen LogP contribution is -2.44. The molecule has 0 aliphatic carbocycles. The van der Waals surface area contributed by atoms with Crippen LogP contribution >= 0.6 is 0 Å². The zero-order valence-electron chi connectivity index (χ0n) is 13.3. The fourth-order valence-electron chi connectivity index (χ4n) is 2.11. The van der Waals surface area contributed by atoms with Crippen molar-refractivity contribution in [2.45, 2.75) is 59.2 Å². The van der Waals surface area contributed by atoms with E-state index in [4.69, 9.17) is 15.2 Å². The molecule has 0 fully saturated rings. The van der Waals surface area contributed by atoms with Gasteiger partial charge >= 0.3 is 0 Å². The van der Waals surface area contributed by atoms with Crippen LogP contribution in [0.5, 0.6) is 5.75 Å². The maximum Gasteiger partial charge on any atom is 0.170 e. The van der Waals surface area contributed by atoms with Crippen LogP contribution in [0.1, 0.15) is 33.3 Å². The van der Waals surface area contributed by atoms with Gasteiger partial charge in [0.2, 0.25) is 0 Å². The van der Waals surface area contributed by atoms with Crippen LogP contribution in [0.15, 0.2) is 18.2 Å². The molecule has 4 atom stereocenters. The number of aliphatic hydroxyl groups is 1. The van der Waals surface area contributed by atoms with Gasteiger partial charge in [-0.3, -0.25) is 0 Å². The molecule has 1 unspecified atom stereocenters. The van der Waals surface area contributed by atoms with Crippen LogP contribution in [0, 0.1) is 18.7 Å².